The molecule has 1 aromatic heterocycles. The minimum Gasteiger partial charge on any atom is -0.399 e. The Kier molecular flexibility index (Phi) is 5.38. The van der Waals surface area contributed by atoms with Gasteiger partial charge in [-0.15, -0.1) is 11.3 Å². The fourth-order valence-electron chi connectivity index (χ4n) is 3.03. The van der Waals surface area contributed by atoms with Crippen LogP contribution in [0.1, 0.15) is 26.5 Å². The van der Waals surface area contributed by atoms with Crippen molar-refractivity contribution < 1.29 is 9.59 Å². The van der Waals surface area contributed by atoms with Crippen LogP contribution in [0.3, 0.4) is 0 Å². The van der Waals surface area contributed by atoms with E-state index in [4.69, 9.17) is 5.73 Å². The lowest BCUT2D eigenvalue weighted by molar-refractivity contribution is -0.132. The zero-order chi connectivity index (χ0) is 17.8. The predicted molar refractivity (Wildman–Crippen MR) is 101 cm³/mol. The van der Waals surface area contributed by atoms with Gasteiger partial charge in [0.1, 0.15) is 0 Å². The van der Waals surface area contributed by atoms with E-state index in [1.54, 1.807) is 0 Å². The summed E-state index contributed by atoms with van der Waals surface area (Å²) >= 11 is 1.52. The first-order valence-corrected chi connectivity index (χ1v) is 9.33. The fraction of sp³-hybridized carbons (Fsp3) is 0.368. The van der Waals surface area contributed by atoms with Crippen LogP contribution in [0, 0.1) is 6.92 Å². The van der Waals surface area contributed by atoms with Crippen molar-refractivity contribution in [3.05, 3.63) is 51.7 Å². The number of hydrogen-bond acceptors (Lipinski definition) is 4. The molecule has 0 spiro atoms. The van der Waals surface area contributed by atoms with Gasteiger partial charge in [-0.25, -0.2) is 0 Å². The zero-order valence-corrected chi connectivity index (χ0v) is 15.2. The molecule has 0 radical (unpaired) electrons. The van der Waals surface area contributed by atoms with Crippen LogP contribution in [0.4, 0.5) is 5.69 Å². The highest BCUT2D eigenvalue weighted by Gasteiger charge is 2.25. The predicted octanol–water partition coefficient (Wildman–Crippen LogP) is 2.56. The molecular formula is C19H23N3O2S. The molecule has 3 rings (SSSR count). The highest BCUT2D eigenvalue weighted by molar-refractivity contribution is 7.13. The van der Waals surface area contributed by atoms with Crippen molar-refractivity contribution >= 4 is 28.8 Å². The van der Waals surface area contributed by atoms with E-state index in [-0.39, 0.29) is 11.8 Å². The van der Waals surface area contributed by atoms with E-state index in [0.29, 0.717) is 39.0 Å². The van der Waals surface area contributed by atoms with E-state index < -0.39 is 0 Å². The molecule has 1 aromatic carbocycles. The maximum Gasteiger partial charge on any atom is 0.264 e. The molecule has 1 aliphatic rings. The van der Waals surface area contributed by atoms with Crippen LogP contribution in [-0.4, -0.2) is 47.8 Å². The smallest absolute Gasteiger partial charge is 0.264 e. The maximum absolute atomic E-state index is 12.5. The first kappa shape index (κ1) is 17.5. The average Bonchev–Trinajstić information content (AvgIpc) is 3.07. The number of piperazine rings is 1. The van der Waals surface area contributed by atoms with Crippen molar-refractivity contribution in [2.45, 2.75) is 19.8 Å². The number of benzene rings is 1. The molecule has 5 nitrogen and oxygen atoms in total. The summed E-state index contributed by atoms with van der Waals surface area (Å²) in [6, 6.07) is 11.5. The maximum atomic E-state index is 12.5. The summed E-state index contributed by atoms with van der Waals surface area (Å²) in [6.45, 7) is 4.37. The Hall–Kier alpha value is -2.34. The van der Waals surface area contributed by atoms with E-state index in [1.165, 1.54) is 11.3 Å². The third-order valence-corrected chi connectivity index (χ3v) is 5.52. The van der Waals surface area contributed by atoms with Crippen molar-refractivity contribution in [3.8, 4) is 0 Å². The van der Waals surface area contributed by atoms with Gasteiger partial charge in [0.25, 0.3) is 5.91 Å². The summed E-state index contributed by atoms with van der Waals surface area (Å²) in [5.41, 5.74) is 7.67. The third kappa shape index (κ3) is 4.20. The molecule has 2 N–H and O–H groups in total. The van der Waals surface area contributed by atoms with Crippen LogP contribution in [0.15, 0.2) is 36.4 Å². The molecule has 1 fully saturated rings. The van der Waals surface area contributed by atoms with Crippen LogP contribution >= 0.6 is 11.3 Å². The molecule has 2 aromatic rings. The Morgan fingerprint density at radius 2 is 1.72 bits per heavy atom. The minimum atomic E-state index is 0.0715. The van der Waals surface area contributed by atoms with Gasteiger partial charge in [0.15, 0.2) is 0 Å². The van der Waals surface area contributed by atoms with Crippen molar-refractivity contribution in [2.75, 3.05) is 31.9 Å². The molecule has 1 aliphatic heterocycles. The lowest BCUT2D eigenvalue weighted by Crippen LogP contribution is -2.50. The number of para-hydroxylation sites is 1. The van der Waals surface area contributed by atoms with E-state index >= 15 is 0 Å². The molecule has 25 heavy (non-hydrogen) atoms. The standard InChI is InChI=1S/C19H23N3O2S/c1-14-6-8-17(25-14)19(24)22-12-10-21(11-13-22)18(23)9-7-15-4-2-3-5-16(15)20/h2-6,8H,7,9-13,20H2,1H3. The molecule has 2 amide bonds. The number of hydrogen-bond donors (Lipinski definition) is 1. The average molecular weight is 357 g/mol. The number of thiophene rings is 1. The number of rotatable bonds is 4. The Balaban J connectivity index is 1.49. The summed E-state index contributed by atoms with van der Waals surface area (Å²) in [4.78, 5) is 30.5. The monoisotopic (exact) mass is 357 g/mol. The Labute approximate surface area is 152 Å². The van der Waals surface area contributed by atoms with Gasteiger partial charge in [0.05, 0.1) is 4.88 Å². The van der Waals surface area contributed by atoms with E-state index in [9.17, 15) is 9.59 Å². The van der Waals surface area contributed by atoms with Crippen LogP contribution in [0.2, 0.25) is 0 Å². The van der Waals surface area contributed by atoms with Crippen LogP contribution in [0.25, 0.3) is 0 Å². The quantitative estimate of drug-likeness (QED) is 0.855. The minimum absolute atomic E-state index is 0.0715. The summed E-state index contributed by atoms with van der Waals surface area (Å²) in [5.74, 6) is 0.199. The van der Waals surface area contributed by atoms with Gasteiger partial charge in [0, 0.05) is 43.2 Å². The van der Waals surface area contributed by atoms with Gasteiger partial charge < -0.3 is 15.5 Å². The van der Waals surface area contributed by atoms with Gasteiger partial charge in [-0.05, 0) is 37.1 Å². The van der Waals surface area contributed by atoms with E-state index in [1.807, 2.05) is 53.1 Å². The van der Waals surface area contributed by atoms with Crippen LogP contribution in [0.5, 0.6) is 0 Å². The SMILES string of the molecule is Cc1ccc(C(=O)N2CCN(C(=O)CCc3ccccc3N)CC2)s1. The molecule has 0 atom stereocenters. The summed E-state index contributed by atoms with van der Waals surface area (Å²) in [5, 5.41) is 0. The molecule has 2 heterocycles. The van der Waals surface area contributed by atoms with Gasteiger partial charge in [-0.1, -0.05) is 18.2 Å². The van der Waals surface area contributed by atoms with Gasteiger partial charge in [0.2, 0.25) is 5.91 Å². The van der Waals surface area contributed by atoms with E-state index in [2.05, 4.69) is 0 Å². The summed E-state index contributed by atoms with van der Waals surface area (Å²) in [6.07, 6.45) is 1.10. The second kappa shape index (κ2) is 7.70. The Morgan fingerprint density at radius 3 is 2.36 bits per heavy atom. The normalized spacial score (nSPS) is 14.6. The lowest BCUT2D eigenvalue weighted by Gasteiger charge is -2.34. The van der Waals surface area contributed by atoms with Gasteiger partial charge in [-0.3, -0.25) is 9.59 Å². The van der Waals surface area contributed by atoms with Crippen LogP contribution in [-0.2, 0) is 11.2 Å². The molecule has 0 bridgehead atoms. The highest BCUT2D eigenvalue weighted by Crippen LogP contribution is 2.19. The van der Waals surface area contributed by atoms with Gasteiger partial charge in [-0.2, -0.15) is 0 Å². The number of carbonyl (C=O) groups excluding carboxylic acids is 2. The number of amides is 2. The second-order valence-electron chi connectivity index (χ2n) is 6.28. The highest BCUT2D eigenvalue weighted by atomic mass is 32.1. The Bertz CT molecular complexity index is 764. The summed E-state index contributed by atoms with van der Waals surface area (Å²) < 4.78 is 0. The number of anilines is 1. The lowest BCUT2D eigenvalue weighted by atomic mass is 10.1. The topological polar surface area (TPSA) is 66.6 Å². The van der Waals surface area contributed by atoms with Crippen molar-refractivity contribution in [3.63, 3.8) is 0 Å². The number of nitrogen functional groups attached to an aromatic ring is 1. The molecule has 1 saturated heterocycles. The Morgan fingerprint density at radius 1 is 1.04 bits per heavy atom. The fourth-order valence-corrected chi connectivity index (χ4v) is 3.86. The molecule has 0 unspecified atom stereocenters. The van der Waals surface area contributed by atoms with Crippen molar-refractivity contribution in [2.24, 2.45) is 0 Å². The zero-order valence-electron chi connectivity index (χ0n) is 14.4. The molecule has 0 aliphatic carbocycles. The van der Waals surface area contributed by atoms with Crippen molar-refractivity contribution in [1.29, 1.82) is 0 Å². The molecule has 0 saturated carbocycles. The van der Waals surface area contributed by atoms with Crippen LogP contribution < -0.4 is 5.73 Å². The van der Waals surface area contributed by atoms with Gasteiger partial charge >= 0.3 is 0 Å². The number of nitrogens with zero attached hydrogens (tertiary/aromatic N) is 2. The van der Waals surface area contributed by atoms with E-state index in [0.717, 1.165) is 21.0 Å². The van der Waals surface area contributed by atoms with Crippen molar-refractivity contribution in [1.82, 2.24) is 9.80 Å². The number of nitrogens with two attached hydrogens (primary N) is 1. The molecule has 6 heteroatoms. The number of aryl methyl sites for hydroxylation is 2. The summed E-state index contributed by atoms with van der Waals surface area (Å²) in [7, 11) is 0. The first-order valence-electron chi connectivity index (χ1n) is 8.51. The second-order valence-corrected chi connectivity index (χ2v) is 7.57. The first-order chi connectivity index (χ1) is 12.0. The third-order valence-electron chi connectivity index (χ3n) is 4.53. The molecule has 132 valence electrons. The molecular weight excluding hydrogens is 334 g/mol. The number of carbonyl (C=O) groups is 2. The largest absolute Gasteiger partial charge is 0.399 e.